The first-order valence-corrected chi connectivity index (χ1v) is 11.9. The number of hydrogen-bond donors (Lipinski definition) is 2. The van der Waals surface area contributed by atoms with Gasteiger partial charge in [0, 0.05) is 17.2 Å². The molecule has 0 radical (unpaired) electrons. The number of ketones is 1. The first-order chi connectivity index (χ1) is 15.0. The van der Waals surface area contributed by atoms with Crippen LogP contribution < -0.4 is 5.73 Å². The molecule has 0 fully saturated rings. The molecule has 0 rings (SSSR count). The van der Waals surface area contributed by atoms with Crippen molar-refractivity contribution in [3.63, 3.8) is 0 Å². The molecule has 0 bridgehead atoms. The third-order valence-electron chi connectivity index (χ3n) is 4.47. The molecule has 0 atom stereocenters. The number of carbonyl (C=O) groups is 1. The summed E-state index contributed by atoms with van der Waals surface area (Å²) in [5.74, 6) is 0.208. The number of halogens is 1. The van der Waals surface area contributed by atoms with Gasteiger partial charge in [-0.3, -0.25) is 5.41 Å². The van der Waals surface area contributed by atoms with Crippen LogP contribution in [0.25, 0.3) is 0 Å². The van der Waals surface area contributed by atoms with Crippen LogP contribution in [0.3, 0.4) is 0 Å². The average Bonchev–Trinajstić information content (AvgIpc) is 2.76. The van der Waals surface area contributed by atoms with Crippen molar-refractivity contribution in [1.29, 1.82) is 5.41 Å². The Hall–Kier alpha value is -2.13. The Morgan fingerprint density at radius 2 is 1.59 bits per heavy atom. The fraction of sp³-hybridized carbons (Fsp3) is 0.500. The Morgan fingerprint density at radius 3 is 1.94 bits per heavy atom. The molecular weight excluding hydrogens is 416 g/mol. The van der Waals surface area contributed by atoms with Crippen molar-refractivity contribution in [3.05, 3.63) is 70.0 Å². The molecule has 0 aromatic rings. The van der Waals surface area contributed by atoms with Crippen LogP contribution in [0.4, 0.5) is 0 Å². The molecule has 0 amide bonds. The zero-order valence-electron chi connectivity index (χ0n) is 22.0. The summed E-state index contributed by atoms with van der Waals surface area (Å²) in [6.07, 6.45) is 14.3. The summed E-state index contributed by atoms with van der Waals surface area (Å²) >= 11 is 5.74. The fourth-order valence-corrected chi connectivity index (χ4v) is 2.58. The maximum Gasteiger partial charge on any atom is 0.130 e. The van der Waals surface area contributed by atoms with E-state index in [0.717, 1.165) is 53.7 Å². The largest absolute Gasteiger partial charge is 0.402 e. The monoisotopic (exact) mass is 462 g/mol. The van der Waals surface area contributed by atoms with E-state index in [1.54, 1.807) is 6.92 Å². The molecule has 0 saturated heterocycles. The normalized spacial score (nSPS) is 12.9. The minimum atomic E-state index is 0.208. The lowest BCUT2D eigenvalue weighted by Gasteiger charge is -2.11. The van der Waals surface area contributed by atoms with E-state index in [4.69, 9.17) is 22.7 Å². The average molecular weight is 463 g/mol. The van der Waals surface area contributed by atoms with E-state index in [2.05, 4.69) is 13.5 Å². The number of unbranched alkanes of at least 4 members (excludes halogenated alkanes) is 1. The lowest BCUT2D eigenvalue weighted by molar-refractivity contribution is -0.116. The van der Waals surface area contributed by atoms with E-state index in [-0.39, 0.29) is 5.78 Å². The van der Waals surface area contributed by atoms with E-state index in [9.17, 15) is 4.79 Å². The van der Waals surface area contributed by atoms with Gasteiger partial charge in [-0.25, -0.2) is 0 Å². The molecule has 0 saturated carbocycles. The van der Waals surface area contributed by atoms with Gasteiger partial charge >= 0.3 is 0 Å². The maximum absolute atomic E-state index is 10.8. The second-order valence-electron chi connectivity index (χ2n) is 7.18. The second-order valence-corrected chi connectivity index (χ2v) is 7.64. The number of Topliss-reactive ketones (excluding diaryl/α,β-unsaturated/α-hetero) is 1. The van der Waals surface area contributed by atoms with Crippen LogP contribution in [-0.4, -0.2) is 11.5 Å². The molecule has 0 aliphatic heterocycles. The van der Waals surface area contributed by atoms with Gasteiger partial charge < -0.3 is 10.5 Å². The van der Waals surface area contributed by atoms with Gasteiger partial charge in [0.05, 0.1) is 5.71 Å². The minimum absolute atomic E-state index is 0.208. The molecule has 32 heavy (non-hydrogen) atoms. The van der Waals surface area contributed by atoms with Crippen molar-refractivity contribution in [3.8, 4) is 0 Å². The molecule has 4 heteroatoms. The topological polar surface area (TPSA) is 66.9 Å². The van der Waals surface area contributed by atoms with Crippen molar-refractivity contribution < 1.29 is 4.79 Å². The Kier molecular flexibility index (Phi) is 23.8. The fourth-order valence-electron chi connectivity index (χ4n) is 2.53. The van der Waals surface area contributed by atoms with E-state index in [0.29, 0.717) is 17.2 Å². The van der Waals surface area contributed by atoms with Gasteiger partial charge in [-0.15, -0.1) is 0 Å². The SMILES string of the molecule is C/C=C\C(=C/C)C(=N)/C(CCCC)=C(/C)N.C=C(Cl)/C(C)=C\C(=C/C)CCC(C)=O.CC. The predicted octanol–water partition coefficient (Wildman–Crippen LogP) is 8.98. The standard InChI is InChI=1S/C14H24N2.C12H17ClO.C2H6/c1-5-8-10-13(11(4)15)14(16)12(7-3)9-6-2;1-5-12(7-6-10(3)14)8-9(2)11(4)13;1-2/h6-7,9,16H,5,8,10,15H2,1-4H3;5,8H,4,6-7H2,1-3H3;1-2H3/b9-6-,12-7+,13-11-,16-14?;9-8-,12-5-;. The summed E-state index contributed by atoms with van der Waals surface area (Å²) in [7, 11) is 0. The maximum atomic E-state index is 10.8. The highest BCUT2D eigenvalue weighted by Gasteiger charge is 2.09. The van der Waals surface area contributed by atoms with Gasteiger partial charge in [0.2, 0.25) is 0 Å². The van der Waals surface area contributed by atoms with Gasteiger partial charge in [-0.2, -0.15) is 0 Å². The van der Waals surface area contributed by atoms with Crippen LogP contribution in [0, 0.1) is 5.41 Å². The van der Waals surface area contributed by atoms with Crippen molar-refractivity contribution in [2.45, 2.75) is 94.4 Å². The summed E-state index contributed by atoms with van der Waals surface area (Å²) in [6, 6.07) is 0. The minimum Gasteiger partial charge on any atom is -0.402 e. The van der Waals surface area contributed by atoms with Crippen LogP contribution >= 0.6 is 11.6 Å². The van der Waals surface area contributed by atoms with Crippen molar-refractivity contribution in [2.75, 3.05) is 0 Å². The number of nitrogens with one attached hydrogen (secondary N) is 1. The van der Waals surface area contributed by atoms with Crippen LogP contribution in [0.2, 0.25) is 0 Å². The van der Waals surface area contributed by atoms with E-state index < -0.39 is 0 Å². The molecule has 0 aromatic carbocycles. The highest BCUT2D eigenvalue weighted by molar-refractivity contribution is 6.31. The highest BCUT2D eigenvalue weighted by Crippen LogP contribution is 2.17. The zero-order valence-corrected chi connectivity index (χ0v) is 22.7. The number of nitrogens with two attached hydrogens (primary N) is 1. The summed E-state index contributed by atoms with van der Waals surface area (Å²) in [6.45, 7) is 21.0. The van der Waals surface area contributed by atoms with Gasteiger partial charge in [0.15, 0.2) is 0 Å². The number of hydrogen-bond acceptors (Lipinski definition) is 3. The molecule has 0 heterocycles. The first-order valence-electron chi connectivity index (χ1n) is 11.6. The van der Waals surface area contributed by atoms with Crippen LogP contribution in [0.5, 0.6) is 0 Å². The Balaban J connectivity index is -0.000000491. The van der Waals surface area contributed by atoms with E-state index in [1.807, 2.05) is 78.8 Å². The van der Waals surface area contributed by atoms with Crippen molar-refractivity contribution in [1.82, 2.24) is 0 Å². The number of rotatable bonds is 11. The van der Waals surface area contributed by atoms with Gasteiger partial charge in [-0.05, 0) is 77.5 Å². The van der Waals surface area contributed by atoms with Gasteiger partial charge in [0.1, 0.15) is 5.78 Å². The lowest BCUT2D eigenvalue weighted by atomic mass is 9.96. The zero-order chi connectivity index (χ0) is 25.7. The van der Waals surface area contributed by atoms with Gasteiger partial charge in [-0.1, -0.05) is 81.3 Å². The first kappa shape index (κ1) is 34.5. The number of allylic oxidation sites excluding steroid dienone is 11. The summed E-state index contributed by atoms with van der Waals surface area (Å²) in [5, 5.41) is 8.71. The smallest absolute Gasteiger partial charge is 0.130 e. The van der Waals surface area contributed by atoms with Crippen molar-refractivity contribution in [2.24, 2.45) is 5.73 Å². The molecule has 182 valence electrons. The number of carbonyl (C=O) groups excluding carboxylic acids is 1. The predicted molar refractivity (Wildman–Crippen MR) is 146 cm³/mol. The quantitative estimate of drug-likeness (QED) is 0.237. The van der Waals surface area contributed by atoms with Gasteiger partial charge in [0.25, 0.3) is 0 Å². The molecule has 0 aliphatic carbocycles. The van der Waals surface area contributed by atoms with Crippen LogP contribution in [0.15, 0.2) is 70.0 Å². The van der Waals surface area contributed by atoms with E-state index >= 15 is 0 Å². The summed E-state index contributed by atoms with van der Waals surface area (Å²) in [4.78, 5) is 10.8. The Labute approximate surface area is 203 Å². The third kappa shape index (κ3) is 17.5. The molecule has 0 aromatic heterocycles. The summed E-state index contributed by atoms with van der Waals surface area (Å²) in [5.41, 5.74) is 11.2. The second kappa shape index (κ2) is 22.1. The Bertz CT molecular complexity index is 731. The van der Waals surface area contributed by atoms with Crippen molar-refractivity contribution >= 4 is 23.1 Å². The van der Waals surface area contributed by atoms with Crippen LogP contribution in [-0.2, 0) is 4.79 Å². The molecule has 0 spiro atoms. The lowest BCUT2D eigenvalue weighted by Crippen LogP contribution is -2.10. The van der Waals surface area contributed by atoms with Crippen LogP contribution in [0.1, 0.15) is 94.4 Å². The molecule has 0 unspecified atom stereocenters. The highest BCUT2D eigenvalue weighted by atomic mass is 35.5. The molecule has 3 nitrogen and oxygen atoms in total. The van der Waals surface area contributed by atoms with E-state index in [1.165, 1.54) is 0 Å². The molecule has 3 N–H and O–H groups in total. The molecule has 0 aliphatic rings. The third-order valence-corrected chi connectivity index (χ3v) is 4.77. The summed E-state index contributed by atoms with van der Waals surface area (Å²) < 4.78 is 0. The Morgan fingerprint density at radius 1 is 1.03 bits per heavy atom. The molecular formula is C28H47ClN2O.